The summed E-state index contributed by atoms with van der Waals surface area (Å²) in [4.78, 5) is 7.30. The van der Waals surface area contributed by atoms with E-state index in [0.29, 0.717) is 0 Å². The van der Waals surface area contributed by atoms with Crippen LogP contribution in [0.2, 0.25) is 18.1 Å². The number of pyridine rings is 1. The molecule has 0 N–H and O–H groups in total. The highest BCUT2D eigenvalue weighted by Crippen LogP contribution is 2.46. The minimum atomic E-state index is -1.79. The third-order valence-corrected chi connectivity index (χ3v) is 11.7. The Morgan fingerprint density at radius 3 is 2.45 bits per heavy atom. The van der Waals surface area contributed by atoms with Crippen LogP contribution in [0.3, 0.4) is 0 Å². The second kappa shape index (κ2) is 7.88. The normalized spacial score (nSPS) is 20.0. The van der Waals surface area contributed by atoms with Gasteiger partial charge in [-0.3, -0.25) is 0 Å². The average molecular weight is 409 g/mol. The summed E-state index contributed by atoms with van der Waals surface area (Å²) in [7, 11) is -1.79. The van der Waals surface area contributed by atoms with Crippen LogP contribution in [-0.2, 0) is 10.8 Å². The summed E-state index contributed by atoms with van der Waals surface area (Å²) in [5, 5.41) is 0.234. The van der Waals surface area contributed by atoms with E-state index in [9.17, 15) is 0 Å². The molecule has 4 heteroatoms. The Kier molecular flexibility index (Phi) is 5.60. The van der Waals surface area contributed by atoms with Crippen molar-refractivity contribution < 1.29 is 4.43 Å². The summed E-state index contributed by atoms with van der Waals surface area (Å²) in [5.74, 6) is 1.16. The molecule has 0 amide bonds. The fraction of sp³-hybridized carbons (Fsp3) is 0.560. The van der Waals surface area contributed by atoms with Crippen LogP contribution in [0.4, 0.5) is 5.82 Å². The molecule has 0 radical (unpaired) electrons. The van der Waals surface area contributed by atoms with E-state index in [4.69, 9.17) is 9.41 Å². The van der Waals surface area contributed by atoms with E-state index >= 15 is 0 Å². The monoisotopic (exact) mass is 408 g/mol. The van der Waals surface area contributed by atoms with Crippen molar-refractivity contribution in [2.75, 3.05) is 18.0 Å². The Labute approximate surface area is 177 Å². The molecule has 0 spiro atoms. The average Bonchev–Trinajstić information content (AvgIpc) is 3.10. The van der Waals surface area contributed by atoms with Crippen molar-refractivity contribution in [2.45, 2.75) is 77.1 Å². The van der Waals surface area contributed by atoms with Crippen LogP contribution in [0, 0.1) is 0 Å². The Morgan fingerprint density at radius 2 is 1.72 bits per heavy atom. The quantitative estimate of drug-likeness (QED) is 0.523. The van der Waals surface area contributed by atoms with Gasteiger partial charge >= 0.3 is 0 Å². The number of piperidine rings is 1. The zero-order chi connectivity index (χ0) is 20.6. The molecule has 1 saturated heterocycles. The van der Waals surface area contributed by atoms with E-state index in [1.807, 2.05) is 6.20 Å². The summed E-state index contributed by atoms with van der Waals surface area (Å²) < 4.78 is 6.84. The molecule has 2 aliphatic rings. The Morgan fingerprint density at radius 1 is 1.00 bits per heavy atom. The number of anilines is 1. The zero-order valence-corrected chi connectivity index (χ0v) is 19.8. The smallest absolute Gasteiger partial charge is 0.136 e. The van der Waals surface area contributed by atoms with Gasteiger partial charge in [-0.15, -0.1) is 18.1 Å². The molecular formula is C25H36N2OSi-. The zero-order valence-electron chi connectivity index (χ0n) is 18.8. The molecule has 1 aliphatic carbocycles. The Hall–Kier alpha value is -1.65. The van der Waals surface area contributed by atoms with Gasteiger partial charge in [0, 0.05) is 31.0 Å². The van der Waals surface area contributed by atoms with E-state index < -0.39 is 8.32 Å². The van der Waals surface area contributed by atoms with Gasteiger partial charge in [0.1, 0.15) is 5.82 Å². The second-order valence-corrected chi connectivity index (χ2v) is 15.0. The van der Waals surface area contributed by atoms with Crippen LogP contribution in [0.5, 0.6) is 0 Å². The summed E-state index contributed by atoms with van der Waals surface area (Å²) in [6.07, 6.45) is 8.25. The van der Waals surface area contributed by atoms with E-state index in [1.165, 1.54) is 41.5 Å². The summed E-state index contributed by atoms with van der Waals surface area (Å²) in [6, 6.07) is 11.1. The van der Waals surface area contributed by atoms with E-state index in [0.717, 1.165) is 31.7 Å². The lowest BCUT2D eigenvalue weighted by Crippen LogP contribution is -2.41. The first kappa shape index (κ1) is 20.6. The molecule has 0 saturated carbocycles. The molecule has 4 rings (SSSR count). The van der Waals surface area contributed by atoms with E-state index in [1.54, 1.807) is 0 Å². The first-order valence-electron chi connectivity index (χ1n) is 11.3. The van der Waals surface area contributed by atoms with Gasteiger partial charge in [-0.25, -0.2) is 4.98 Å². The lowest BCUT2D eigenvalue weighted by atomic mass is 9.96. The number of fused-ring (bicyclic) bond motifs is 1. The van der Waals surface area contributed by atoms with Crippen LogP contribution in [-0.4, -0.2) is 26.4 Å². The minimum absolute atomic E-state index is 0.234. The summed E-state index contributed by atoms with van der Waals surface area (Å²) >= 11 is 0. The third kappa shape index (κ3) is 4.02. The largest absolute Gasteiger partial charge is 0.559 e. The summed E-state index contributed by atoms with van der Waals surface area (Å²) in [6.45, 7) is 13.9. The topological polar surface area (TPSA) is 25.4 Å². The first-order chi connectivity index (χ1) is 13.8. The van der Waals surface area contributed by atoms with Crippen molar-refractivity contribution >= 4 is 14.1 Å². The number of hydrogen-bond donors (Lipinski definition) is 0. The molecule has 1 atom stereocenters. The predicted octanol–water partition coefficient (Wildman–Crippen LogP) is 6.75. The van der Waals surface area contributed by atoms with Gasteiger partial charge in [0.25, 0.3) is 0 Å². The molecule has 1 fully saturated rings. The standard InChI is InChI=1S/C25H36N2OSi/c1-25(2,3)29(4,5)28-23-15-14-20-19(11-9-12-21(20)23)22-13-10-16-26-24(22)27-17-7-6-8-18-27/h9-13,16,23H,6-8,14-15,17-18H2,1-5H3/q-1. The molecule has 29 heavy (non-hydrogen) atoms. The summed E-state index contributed by atoms with van der Waals surface area (Å²) in [5.41, 5.74) is 5.53. The highest BCUT2D eigenvalue weighted by atomic mass is 28.4. The fourth-order valence-electron chi connectivity index (χ4n) is 4.49. The molecule has 1 aromatic heterocycles. The Bertz CT molecular complexity index is 865. The van der Waals surface area contributed by atoms with Crippen molar-refractivity contribution in [3.05, 3.63) is 47.7 Å². The molecular weight excluding hydrogens is 372 g/mol. The lowest BCUT2D eigenvalue weighted by molar-refractivity contribution is 0.185. The number of rotatable bonds is 4. The molecule has 1 aliphatic heterocycles. The maximum absolute atomic E-state index is 6.84. The third-order valence-electron chi connectivity index (χ3n) is 7.19. The van der Waals surface area contributed by atoms with Crippen molar-refractivity contribution in [3.63, 3.8) is 0 Å². The number of aromatic nitrogens is 1. The van der Waals surface area contributed by atoms with Gasteiger partial charge in [0.15, 0.2) is 0 Å². The first-order valence-corrected chi connectivity index (χ1v) is 14.2. The van der Waals surface area contributed by atoms with Crippen LogP contribution < -0.4 is 4.90 Å². The Balaban J connectivity index is 1.69. The van der Waals surface area contributed by atoms with Gasteiger partial charge < -0.3 is 9.33 Å². The molecule has 0 bridgehead atoms. The minimum Gasteiger partial charge on any atom is -0.559 e. The maximum Gasteiger partial charge on any atom is 0.136 e. The number of benzene rings is 1. The molecule has 2 heterocycles. The maximum atomic E-state index is 6.84. The molecule has 3 nitrogen and oxygen atoms in total. The van der Waals surface area contributed by atoms with Crippen molar-refractivity contribution in [1.29, 1.82) is 0 Å². The van der Waals surface area contributed by atoms with Gasteiger partial charge in [0.05, 0.1) is 0 Å². The van der Waals surface area contributed by atoms with Gasteiger partial charge in [-0.05, 0) is 69.2 Å². The molecule has 2 aromatic rings. The van der Waals surface area contributed by atoms with Crippen molar-refractivity contribution in [1.82, 2.24) is 4.98 Å². The van der Waals surface area contributed by atoms with Gasteiger partial charge in [-0.2, -0.15) is 0 Å². The molecule has 1 unspecified atom stereocenters. The van der Waals surface area contributed by atoms with E-state index in [2.05, 4.69) is 69.1 Å². The second-order valence-electron chi connectivity index (χ2n) is 10.2. The van der Waals surface area contributed by atoms with Gasteiger partial charge in [0.2, 0.25) is 0 Å². The number of hydrogen-bond acceptors (Lipinski definition) is 3. The highest BCUT2D eigenvalue weighted by molar-refractivity contribution is 6.74. The van der Waals surface area contributed by atoms with Crippen molar-refractivity contribution in [3.8, 4) is 11.1 Å². The van der Waals surface area contributed by atoms with Gasteiger partial charge in [-0.1, -0.05) is 39.0 Å². The number of nitrogens with zero attached hydrogens (tertiary/aromatic N) is 2. The van der Waals surface area contributed by atoms with Crippen LogP contribution in [0.25, 0.3) is 11.1 Å². The van der Waals surface area contributed by atoms with E-state index in [-0.39, 0.29) is 11.1 Å². The predicted molar refractivity (Wildman–Crippen MR) is 125 cm³/mol. The van der Waals surface area contributed by atoms with Crippen LogP contribution in [0.1, 0.15) is 63.7 Å². The highest BCUT2D eigenvalue weighted by Gasteiger charge is 2.32. The van der Waals surface area contributed by atoms with Crippen LogP contribution >= 0.6 is 0 Å². The van der Waals surface area contributed by atoms with Crippen LogP contribution in [0.15, 0.2) is 36.5 Å². The SMILES string of the molecule is CC(C)(C)[Si-](C)(C)OC1CCc2c(-c3cccnc3N3CCCCC3)cccc21. The molecule has 1 aromatic carbocycles. The van der Waals surface area contributed by atoms with Crippen molar-refractivity contribution in [2.24, 2.45) is 0 Å². The lowest BCUT2D eigenvalue weighted by Gasteiger charge is -2.50. The fourth-order valence-corrected chi connectivity index (χ4v) is 5.80. The molecule has 157 valence electrons.